The first kappa shape index (κ1) is 25.6. The van der Waals surface area contributed by atoms with Gasteiger partial charge >= 0.3 is 17.9 Å². The molecule has 0 unspecified atom stereocenters. The Hall–Kier alpha value is -2.46. The van der Waals surface area contributed by atoms with E-state index in [1.165, 1.54) is 31.4 Å². The Morgan fingerprint density at radius 2 is 1.43 bits per heavy atom. The fourth-order valence-electron chi connectivity index (χ4n) is 2.24. The minimum absolute atomic E-state index is 0.161. The lowest BCUT2D eigenvalue weighted by atomic mass is 10.1. The molecule has 0 aromatic heterocycles. The Bertz CT molecular complexity index is 877. The summed E-state index contributed by atoms with van der Waals surface area (Å²) >= 11 is 0. The summed E-state index contributed by atoms with van der Waals surface area (Å²) in [7, 11) is -3.00. The topological polar surface area (TPSA) is 125 Å². The number of rotatable bonds is 7. The first-order valence-electron chi connectivity index (χ1n) is 9.19. The van der Waals surface area contributed by atoms with Crippen molar-refractivity contribution in [3.8, 4) is 0 Å². The molecule has 30 heavy (non-hydrogen) atoms. The Morgan fingerprint density at radius 1 is 0.933 bits per heavy atom. The van der Waals surface area contributed by atoms with Crippen molar-refractivity contribution in [3.63, 3.8) is 0 Å². The Morgan fingerprint density at radius 3 is 1.87 bits per heavy atom. The normalized spacial score (nSPS) is 13.3. The van der Waals surface area contributed by atoms with Crippen LogP contribution in [-0.4, -0.2) is 50.7 Å². The molecule has 0 fully saturated rings. The van der Waals surface area contributed by atoms with Gasteiger partial charge in [-0.25, -0.2) is 13.2 Å². The predicted octanol–water partition coefficient (Wildman–Crippen LogP) is 2.19. The molecule has 0 aliphatic heterocycles. The minimum atomic E-state index is -4.21. The summed E-state index contributed by atoms with van der Waals surface area (Å²) in [6.07, 6.45) is -0.550. The van der Waals surface area contributed by atoms with Crippen molar-refractivity contribution in [1.82, 2.24) is 4.72 Å². The van der Waals surface area contributed by atoms with E-state index >= 15 is 0 Å². The third kappa shape index (κ3) is 8.50. The van der Waals surface area contributed by atoms with Crippen molar-refractivity contribution < 1.29 is 37.0 Å². The van der Waals surface area contributed by atoms with Crippen molar-refractivity contribution in [3.05, 3.63) is 29.8 Å². The van der Waals surface area contributed by atoms with Crippen LogP contribution in [0.2, 0.25) is 0 Å². The standard InChI is InChI=1S/C20H29NO8S/c1-19(2,3)28-16(22)12-15(18(24)29-20(4,5)6)21-30(25,26)14-10-8-13(9-11-14)17(23)27-7/h8-11,15,21H,12H2,1-7H3/t15-/m0/s1. The van der Waals surface area contributed by atoms with E-state index in [4.69, 9.17) is 9.47 Å². The minimum Gasteiger partial charge on any atom is -0.465 e. The fourth-order valence-corrected chi connectivity index (χ4v) is 3.42. The highest BCUT2D eigenvalue weighted by Gasteiger charge is 2.33. The average Bonchev–Trinajstić information content (AvgIpc) is 2.57. The number of benzene rings is 1. The maximum Gasteiger partial charge on any atom is 0.337 e. The number of methoxy groups -OCH3 is 1. The zero-order valence-electron chi connectivity index (χ0n) is 18.3. The molecule has 0 radical (unpaired) electrons. The molecule has 9 nitrogen and oxygen atoms in total. The van der Waals surface area contributed by atoms with Crippen molar-refractivity contribution in [1.29, 1.82) is 0 Å². The molecule has 10 heteroatoms. The van der Waals surface area contributed by atoms with Crippen LogP contribution < -0.4 is 4.72 Å². The molecule has 0 spiro atoms. The second-order valence-electron chi connectivity index (χ2n) is 8.51. The van der Waals surface area contributed by atoms with Gasteiger partial charge in [0.1, 0.15) is 17.2 Å². The molecule has 0 saturated carbocycles. The van der Waals surface area contributed by atoms with Gasteiger partial charge in [-0.1, -0.05) is 0 Å². The van der Waals surface area contributed by atoms with Gasteiger partial charge in [0.15, 0.2) is 0 Å². The van der Waals surface area contributed by atoms with Crippen LogP contribution in [0.5, 0.6) is 0 Å². The molecule has 1 rings (SSSR count). The van der Waals surface area contributed by atoms with E-state index < -0.39 is 51.6 Å². The van der Waals surface area contributed by atoms with Gasteiger partial charge in [-0.05, 0) is 65.8 Å². The number of ether oxygens (including phenoxy) is 3. The number of nitrogens with one attached hydrogen (secondary N) is 1. The van der Waals surface area contributed by atoms with Crippen LogP contribution >= 0.6 is 0 Å². The highest BCUT2D eigenvalue weighted by atomic mass is 32.2. The predicted molar refractivity (Wildman–Crippen MR) is 108 cm³/mol. The van der Waals surface area contributed by atoms with E-state index in [2.05, 4.69) is 9.46 Å². The van der Waals surface area contributed by atoms with Gasteiger partial charge in [-0.15, -0.1) is 0 Å². The van der Waals surface area contributed by atoms with Gasteiger partial charge < -0.3 is 14.2 Å². The molecule has 1 aromatic carbocycles. The molecular formula is C20H29NO8S. The lowest BCUT2D eigenvalue weighted by molar-refractivity contribution is -0.164. The van der Waals surface area contributed by atoms with Gasteiger partial charge in [0.25, 0.3) is 0 Å². The molecule has 0 amide bonds. The van der Waals surface area contributed by atoms with E-state index in [9.17, 15) is 22.8 Å². The van der Waals surface area contributed by atoms with Crippen LogP contribution in [0.3, 0.4) is 0 Å². The summed E-state index contributed by atoms with van der Waals surface area (Å²) in [6.45, 7) is 9.82. The lowest BCUT2D eigenvalue weighted by Crippen LogP contribution is -2.46. The molecule has 1 aromatic rings. The summed E-state index contributed by atoms with van der Waals surface area (Å²) in [5.41, 5.74) is -1.54. The molecule has 0 heterocycles. The van der Waals surface area contributed by atoms with E-state index in [0.717, 1.165) is 0 Å². The van der Waals surface area contributed by atoms with Gasteiger partial charge in [0, 0.05) is 0 Å². The average molecular weight is 444 g/mol. The summed E-state index contributed by atoms with van der Waals surface area (Å²) in [6, 6.07) is 3.43. The third-order valence-corrected chi connectivity index (χ3v) is 4.85. The first-order valence-corrected chi connectivity index (χ1v) is 10.7. The molecule has 1 N–H and O–H groups in total. The first-order chi connectivity index (χ1) is 13.5. The third-order valence-electron chi connectivity index (χ3n) is 3.37. The van der Waals surface area contributed by atoms with Crippen molar-refractivity contribution in [2.75, 3.05) is 7.11 Å². The van der Waals surface area contributed by atoms with Crippen molar-refractivity contribution in [2.45, 2.75) is 70.1 Å². The number of hydrogen-bond donors (Lipinski definition) is 1. The number of esters is 3. The quantitative estimate of drug-likeness (QED) is 0.502. The highest BCUT2D eigenvalue weighted by Crippen LogP contribution is 2.17. The van der Waals surface area contributed by atoms with Crippen LogP contribution in [0.25, 0.3) is 0 Å². The van der Waals surface area contributed by atoms with Crippen LogP contribution in [-0.2, 0) is 33.8 Å². The van der Waals surface area contributed by atoms with Gasteiger partial charge in [-0.3, -0.25) is 9.59 Å². The zero-order valence-corrected chi connectivity index (χ0v) is 19.1. The van der Waals surface area contributed by atoms with Crippen LogP contribution in [0.1, 0.15) is 58.3 Å². The van der Waals surface area contributed by atoms with Gasteiger partial charge in [0.05, 0.1) is 24.0 Å². The summed E-state index contributed by atoms with van der Waals surface area (Å²) in [4.78, 5) is 36.0. The largest absolute Gasteiger partial charge is 0.465 e. The second kappa shape index (κ2) is 9.57. The van der Waals surface area contributed by atoms with Crippen LogP contribution in [0, 0.1) is 0 Å². The molecule has 168 valence electrons. The molecule has 0 aliphatic carbocycles. The van der Waals surface area contributed by atoms with Crippen LogP contribution in [0.15, 0.2) is 29.2 Å². The molecular weight excluding hydrogens is 414 g/mol. The zero-order chi connectivity index (χ0) is 23.3. The SMILES string of the molecule is COC(=O)c1ccc(S(=O)(=O)N[C@@H](CC(=O)OC(C)(C)C)C(=O)OC(C)(C)C)cc1. The number of hydrogen-bond acceptors (Lipinski definition) is 8. The van der Waals surface area contributed by atoms with E-state index in [1.807, 2.05) is 0 Å². The van der Waals surface area contributed by atoms with E-state index in [-0.39, 0.29) is 10.5 Å². The second-order valence-corrected chi connectivity index (χ2v) is 10.2. The lowest BCUT2D eigenvalue weighted by Gasteiger charge is -2.25. The van der Waals surface area contributed by atoms with Crippen molar-refractivity contribution in [2.24, 2.45) is 0 Å². The number of sulfonamides is 1. The summed E-state index contributed by atoms with van der Waals surface area (Å²) in [5, 5.41) is 0. The molecule has 0 bridgehead atoms. The smallest absolute Gasteiger partial charge is 0.337 e. The van der Waals surface area contributed by atoms with Gasteiger partial charge in [0.2, 0.25) is 10.0 Å². The maximum absolute atomic E-state index is 12.7. The number of carbonyl (C=O) groups is 3. The summed E-state index contributed by atoms with van der Waals surface area (Å²) < 4.78 is 42.7. The van der Waals surface area contributed by atoms with Gasteiger partial charge in [-0.2, -0.15) is 4.72 Å². The maximum atomic E-state index is 12.7. The number of carbonyl (C=O) groups excluding carboxylic acids is 3. The summed E-state index contributed by atoms with van der Waals surface area (Å²) in [5.74, 6) is -2.30. The van der Waals surface area contributed by atoms with E-state index in [1.54, 1.807) is 41.5 Å². The molecule has 0 aliphatic rings. The Balaban J connectivity index is 3.12. The highest BCUT2D eigenvalue weighted by molar-refractivity contribution is 7.89. The van der Waals surface area contributed by atoms with Crippen molar-refractivity contribution >= 4 is 27.9 Å². The van der Waals surface area contributed by atoms with Crippen LogP contribution in [0.4, 0.5) is 0 Å². The Labute approximate surface area is 177 Å². The molecule has 0 saturated heterocycles. The Kier molecular flexibility index (Phi) is 8.16. The fraction of sp³-hybridized carbons (Fsp3) is 0.550. The van der Waals surface area contributed by atoms with E-state index in [0.29, 0.717) is 0 Å². The monoisotopic (exact) mass is 443 g/mol. The molecule has 1 atom stereocenters.